The highest BCUT2D eigenvalue weighted by atomic mass is 16.3. The van der Waals surface area contributed by atoms with Gasteiger partial charge in [-0.25, -0.2) is 4.98 Å². The molecule has 1 amide bonds. The fourth-order valence-electron chi connectivity index (χ4n) is 3.88. The van der Waals surface area contributed by atoms with E-state index in [1.165, 1.54) is 0 Å². The van der Waals surface area contributed by atoms with E-state index < -0.39 is 0 Å². The standard InChI is InChI=1S/C25H32N4O2/c1-5-6-23(28(4)18(2)3)20-7-8-21-17-26-24(16-22(21)15-20)27-25(31)19-9-11-29(12-10-19)13-14-30/h5-8,15-17,19,30H,1-2,9-14H2,3-4H3,(H,26,27,31)/b23-6-. The summed E-state index contributed by atoms with van der Waals surface area (Å²) in [6, 6.07) is 8.10. The Balaban J connectivity index is 1.77. The molecule has 1 aromatic carbocycles. The molecule has 0 radical (unpaired) electrons. The summed E-state index contributed by atoms with van der Waals surface area (Å²) >= 11 is 0. The first-order chi connectivity index (χ1) is 14.9. The maximum absolute atomic E-state index is 12.7. The molecule has 164 valence electrons. The van der Waals surface area contributed by atoms with Gasteiger partial charge in [-0.1, -0.05) is 31.4 Å². The van der Waals surface area contributed by atoms with Crippen LogP contribution in [0.2, 0.25) is 0 Å². The van der Waals surface area contributed by atoms with Gasteiger partial charge in [-0.3, -0.25) is 4.79 Å². The summed E-state index contributed by atoms with van der Waals surface area (Å²) in [4.78, 5) is 21.4. The number of fused-ring (bicyclic) bond motifs is 1. The van der Waals surface area contributed by atoms with E-state index in [-0.39, 0.29) is 18.4 Å². The van der Waals surface area contributed by atoms with Crippen LogP contribution in [0, 0.1) is 5.92 Å². The first-order valence-electron chi connectivity index (χ1n) is 10.7. The summed E-state index contributed by atoms with van der Waals surface area (Å²) in [6.45, 7) is 12.3. The minimum absolute atomic E-state index is 0.0147. The smallest absolute Gasteiger partial charge is 0.228 e. The normalized spacial score (nSPS) is 15.6. The van der Waals surface area contributed by atoms with Gasteiger partial charge in [0.05, 0.1) is 6.61 Å². The number of rotatable bonds is 8. The van der Waals surface area contributed by atoms with Gasteiger partial charge in [0.2, 0.25) is 5.91 Å². The zero-order valence-corrected chi connectivity index (χ0v) is 18.5. The topological polar surface area (TPSA) is 68.7 Å². The molecule has 3 rings (SSSR count). The number of carbonyl (C=O) groups is 1. The van der Waals surface area contributed by atoms with Crippen LogP contribution in [0.3, 0.4) is 0 Å². The Morgan fingerprint density at radius 2 is 2.06 bits per heavy atom. The number of allylic oxidation sites excluding steroid dienone is 3. The fraction of sp³-hybridized carbons (Fsp3) is 0.360. The van der Waals surface area contributed by atoms with Gasteiger partial charge in [-0.2, -0.15) is 0 Å². The van der Waals surface area contributed by atoms with E-state index in [2.05, 4.69) is 40.5 Å². The Kier molecular flexibility index (Phi) is 7.60. The molecule has 0 saturated carbocycles. The third-order valence-electron chi connectivity index (χ3n) is 5.85. The van der Waals surface area contributed by atoms with Crippen molar-refractivity contribution >= 4 is 28.2 Å². The Hall–Kier alpha value is -2.96. The van der Waals surface area contributed by atoms with Crippen molar-refractivity contribution in [1.82, 2.24) is 14.8 Å². The number of aliphatic hydroxyl groups excluding tert-OH is 1. The molecule has 1 fully saturated rings. The van der Waals surface area contributed by atoms with Gasteiger partial charge in [0, 0.05) is 42.5 Å². The van der Waals surface area contributed by atoms with E-state index in [4.69, 9.17) is 5.11 Å². The molecule has 2 heterocycles. The molecule has 1 aromatic heterocycles. The highest BCUT2D eigenvalue weighted by Gasteiger charge is 2.25. The number of piperidine rings is 1. The lowest BCUT2D eigenvalue weighted by Crippen LogP contribution is -2.39. The Bertz CT molecular complexity index is 990. The number of likely N-dealkylation sites (tertiary alicyclic amines) is 1. The average molecular weight is 421 g/mol. The minimum Gasteiger partial charge on any atom is -0.395 e. The third-order valence-corrected chi connectivity index (χ3v) is 5.85. The largest absolute Gasteiger partial charge is 0.395 e. The van der Waals surface area contributed by atoms with Crippen LogP contribution in [0.1, 0.15) is 25.3 Å². The second kappa shape index (κ2) is 10.4. The monoisotopic (exact) mass is 420 g/mol. The number of β-amino-alcohol motifs (C(OH)–C–C–N with tert-alkyl or cyclic N) is 1. The molecule has 6 nitrogen and oxygen atoms in total. The molecule has 6 heteroatoms. The van der Waals surface area contributed by atoms with Crippen LogP contribution in [-0.4, -0.2) is 59.1 Å². The lowest BCUT2D eigenvalue weighted by atomic mass is 9.96. The maximum atomic E-state index is 12.7. The molecule has 0 spiro atoms. The number of nitrogens with zero attached hydrogens (tertiary/aromatic N) is 3. The summed E-state index contributed by atoms with van der Waals surface area (Å²) in [5.41, 5.74) is 2.97. The van der Waals surface area contributed by atoms with E-state index >= 15 is 0 Å². The Morgan fingerprint density at radius 1 is 1.32 bits per heavy atom. The van der Waals surface area contributed by atoms with Crippen molar-refractivity contribution in [3.05, 3.63) is 67.0 Å². The number of hydrogen-bond acceptors (Lipinski definition) is 5. The number of nitrogens with one attached hydrogen (secondary N) is 1. The Labute approximate surface area is 184 Å². The van der Waals surface area contributed by atoms with Gasteiger partial charge < -0.3 is 20.2 Å². The van der Waals surface area contributed by atoms with E-state index in [0.29, 0.717) is 12.4 Å². The molecule has 1 aliphatic rings. The van der Waals surface area contributed by atoms with Crippen LogP contribution in [0.25, 0.3) is 16.5 Å². The predicted molar refractivity (Wildman–Crippen MR) is 127 cm³/mol. The molecular weight excluding hydrogens is 388 g/mol. The zero-order valence-electron chi connectivity index (χ0n) is 18.5. The lowest BCUT2D eigenvalue weighted by Gasteiger charge is -2.30. The van der Waals surface area contributed by atoms with Crippen molar-refractivity contribution in [2.75, 3.05) is 38.6 Å². The molecule has 1 aliphatic heterocycles. The molecule has 0 unspecified atom stereocenters. The number of carbonyl (C=O) groups excluding carboxylic acids is 1. The fourth-order valence-corrected chi connectivity index (χ4v) is 3.88. The zero-order chi connectivity index (χ0) is 22.4. The average Bonchev–Trinajstić information content (AvgIpc) is 2.77. The summed E-state index contributed by atoms with van der Waals surface area (Å²) in [5, 5.41) is 14.1. The number of anilines is 1. The van der Waals surface area contributed by atoms with Crippen LogP contribution < -0.4 is 5.32 Å². The van der Waals surface area contributed by atoms with Crippen molar-refractivity contribution in [3.8, 4) is 0 Å². The molecule has 0 atom stereocenters. The quantitative estimate of drug-likeness (QED) is 0.635. The molecule has 2 N–H and O–H groups in total. The molecule has 0 aliphatic carbocycles. The van der Waals surface area contributed by atoms with E-state index in [9.17, 15) is 4.79 Å². The number of pyridine rings is 1. The first-order valence-corrected chi connectivity index (χ1v) is 10.7. The highest BCUT2D eigenvalue weighted by Crippen LogP contribution is 2.26. The van der Waals surface area contributed by atoms with Gasteiger partial charge in [0.15, 0.2) is 0 Å². The SMILES string of the molecule is C=C/C=C(/c1ccc2cnc(NC(=O)C3CCN(CCO)CC3)cc2c1)N(C)C(=C)C. The summed E-state index contributed by atoms with van der Waals surface area (Å²) in [6.07, 6.45) is 7.11. The molecule has 2 aromatic rings. The lowest BCUT2D eigenvalue weighted by molar-refractivity contribution is -0.121. The summed E-state index contributed by atoms with van der Waals surface area (Å²) in [7, 11) is 1.98. The van der Waals surface area contributed by atoms with Gasteiger partial charge in [-0.15, -0.1) is 0 Å². The molecule has 0 bridgehead atoms. The molecular formula is C25H32N4O2. The third kappa shape index (κ3) is 5.60. The van der Waals surface area contributed by atoms with Crippen LogP contribution in [0.4, 0.5) is 5.82 Å². The predicted octanol–water partition coefficient (Wildman–Crippen LogP) is 3.87. The number of aliphatic hydroxyl groups is 1. The van der Waals surface area contributed by atoms with Crippen molar-refractivity contribution in [2.45, 2.75) is 19.8 Å². The highest BCUT2D eigenvalue weighted by molar-refractivity contribution is 5.94. The Morgan fingerprint density at radius 3 is 2.71 bits per heavy atom. The second-order valence-electron chi connectivity index (χ2n) is 8.04. The summed E-state index contributed by atoms with van der Waals surface area (Å²) < 4.78 is 0. The number of hydrogen-bond donors (Lipinski definition) is 2. The number of aromatic nitrogens is 1. The summed E-state index contributed by atoms with van der Waals surface area (Å²) in [5.74, 6) is 0.556. The van der Waals surface area contributed by atoms with E-state index in [0.717, 1.165) is 53.7 Å². The van der Waals surface area contributed by atoms with Crippen LogP contribution in [-0.2, 0) is 4.79 Å². The molecule has 1 saturated heterocycles. The van der Waals surface area contributed by atoms with Gasteiger partial charge in [-0.05, 0) is 62.0 Å². The van der Waals surface area contributed by atoms with Gasteiger partial charge in [0.25, 0.3) is 0 Å². The first kappa shape index (κ1) is 22.7. The van der Waals surface area contributed by atoms with Crippen LogP contribution >= 0.6 is 0 Å². The van der Waals surface area contributed by atoms with Gasteiger partial charge in [0.1, 0.15) is 5.82 Å². The van der Waals surface area contributed by atoms with Gasteiger partial charge >= 0.3 is 0 Å². The van der Waals surface area contributed by atoms with Crippen molar-refractivity contribution in [3.63, 3.8) is 0 Å². The maximum Gasteiger partial charge on any atom is 0.228 e. The number of benzene rings is 1. The minimum atomic E-state index is -0.0230. The van der Waals surface area contributed by atoms with Crippen LogP contribution in [0.5, 0.6) is 0 Å². The van der Waals surface area contributed by atoms with E-state index in [1.807, 2.05) is 37.1 Å². The van der Waals surface area contributed by atoms with Crippen molar-refractivity contribution in [2.24, 2.45) is 5.92 Å². The second-order valence-corrected chi connectivity index (χ2v) is 8.04. The van der Waals surface area contributed by atoms with E-state index in [1.54, 1.807) is 12.3 Å². The number of amides is 1. The molecule has 31 heavy (non-hydrogen) atoms. The van der Waals surface area contributed by atoms with Crippen molar-refractivity contribution < 1.29 is 9.90 Å². The van der Waals surface area contributed by atoms with Crippen LogP contribution in [0.15, 0.2) is 61.5 Å². The van der Waals surface area contributed by atoms with Crippen molar-refractivity contribution in [1.29, 1.82) is 0 Å².